The molecule has 1 atom stereocenters. The lowest BCUT2D eigenvalue weighted by atomic mass is 10.1. The van der Waals surface area contributed by atoms with Crippen molar-refractivity contribution in [1.82, 2.24) is 5.32 Å². The van der Waals surface area contributed by atoms with Crippen LogP contribution in [0.1, 0.15) is 26.3 Å². The molecule has 0 radical (unpaired) electrons. The number of benzene rings is 2. The Hall–Kier alpha value is -3.51. The molecule has 0 spiro atoms. The summed E-state index contributed by atoms with van der Waals surface area (Å²) in [5.74, 6) is -1.53. The third kappa shape index (κ3) is 7.96. The maximum atomic E-state index is 12.1. The number of carbonyl (C=O) groups excluding carboxylic acids is 1. The molecule has 2 aromatic rings. The third-order valence-corrected chi connectivity index (χ3v) is 4.53. The normalized spacial score (nSPS) is 12.4. The maximum Gasteiger partial charge on any atom is 0.501 e. The number of carboxylic acid groups (broad SMARTS) is 1. The summed E-state index contributed by atoms with van der Waals surface area (Å²) in [4.78, 5) is 23.3. The van der Waals surface area contributed by atoms with Crippen LogP contribution >= 0.6 is 0 Å². The predicted octanol–water partition coefficient (Wildman–Crippen LogP) is 2.71. The summed E-state index contributed by atoms with van der Waals surface area (Å²) < 4.78 is 39.0. The van der Waals surface area contributed by atoms with Gasteiger partial charge in [0.05, 0.1) is 0 Å². The number of aliphatic carboxylic acids is 1. The second-order valence-corrected chi connectivity index (χ2v) is 8.72. The van der Waals surface area contributed by atoms with Gasteiger partial charge in [0.1, 0.15) is 23.1 Å². The first-order valence-corrected chi connectivity index (χ1v) is 10.7. The lowest BCUT2D eigenvalue weighted by molar-refractivity contribution is -0.139. The van der Waals surface area contributed by atoms with Crippen molar-refractivity contribution in [3.05, 3.63) is 54.1 Å². The average Bonchev–Trinajstić information content (AvgIpc) is 2.67. The number of alkyl carbamates (subject to hydrolysis) is 1. The van der Waals surface area contributed by atoms with E-state index >= 15 is 0 Å². The van der Waals surface area contributed by atoms with Gasteiger partial charge in [0.2, 0.25) is 0 Å². The molecule has 0 heterocycles. The third-order valence-electron chi connectivity index (χ3n) is 3.75. The number of amides is 1. The van der Waals surface area contributed by atoms with Gasteiger partial charge >= 0.3 is 22.5 Å². The first-order valence-electron chi connectivity index (χ1n) is 9.33. The van der Waals surface area contributed by atoms with Gasteiger partial charge in [-0.25, -0.2) is 9.59 Å². The SMILES string of the molecule is CC(C)(C)OC(=O)NC(Cc1ccc(OS(=O)(=O)Oc2ccccc2NO)cc1)C(=O)O. The van der Waals surface area contributed by atoms with Crippen molar-refractivity contribution in [2.45, 2.75) is 38.8 Å². The number of carboxylic acids is 1. The fourth-order valence-corrected chi connectivity index (χ4v) is 3.19. The highest BCUT2D eigenvalue weighted by Gasteiger charge is 2.24. The van der Waals surface area contributed by atoms with Gasteiger partial charge in [0, 0.05) is 6.42 Å². The van der Waals surface area contributed by atoms with E-state index < -0.39 is 34.1 Å². The Morgan fingerprint density at radius 3 is 2.22 bits per heavy atom. The van der Waals surface area contributed by atoms with Crippen LogP contribution < -0.4 is 19.2 Å². The van der Waals surface area contributed by atoms with Crippen LogP contribution in [0.3, 0.4) is 0 Å². The molecule has 11 nitrogen and oxygen atoms in total. The van der Waals surface area contributed by atoms with Gasteiger partial charge in [-0.1, -0.05) is 24.3 Å². The molecule has 0 aromatic heterocycles. The Bertz CT molecular complexity index is 1050. The van der Waals surface area contributed by atoms with E-state index in [-0.39, 0.29) is 23.6 Å². The van der Waals surface area contributed by atoms with Crippen molar-refractivity contribution in [2.24, 2.45) is 0 Å². The van der Waals surface area contributed by atoms with Crippen LogP contribution in [0.4, 0.5) is 10.5 Å². The number of anilines is 1. The molecule has 4 N–H and O–H groups in total. The van der Waals surface area contributed by atoms with Crippen LogP contribution in [0.25, 0.3) is 0 Å². The second kappa shape index (κ2) is 10.2. The molecule has 1 unspecified atom stereocenters. The zero-order chi connectivity index (χ0) is 23.9. The van der Waals surface area contributed by atoms with Gasteiger partial charge in [0.15, 0.2) is 5.75 Å². The minimum Gasteiger partial charge on any atom is -0.480 e. The van der Waals surface area contributed by atoms with E-state index in [1.165, 1.54) is 42.5 Å². The molecule has 0 saturated carbocycles. The number of rotatable bonds is 9. The minimum absolute atomic E-state index is 0.0206. The Morgan fingerprint density at radius 2 is 1.66 bits per heavy atom. The Kier molecular flexibility index (Phi) is 7.89. The zero-order valence-electron chi connectivity index (χ0n) is 17.6. The molecule has 0 aliphatic carbocycles. The molecular weight excluding hydrogens is 444 g/mol. The first kappa shape index (κ1) is 24.8. The first-order chi connectivity index (χ1) is 14.9. The van der Waals surface area contributed by atoms with Crippen molar-refractivity contribution < 1.29 is 41.4 Å². The smallest absolute Gasteiger partial charge is 0.480 e. The van der Waals surface area contributed by atoms with Crippen LogP contribution in [0.5, 0.6) is 11.5 Å². The van der Waals surface area contributed by atoms with E-state index in [0.717, 1.165) is 0 Å². The van der Waals surface area contributed by atoms with Crippen molar-refractivity contribution in [1.29, 1.82) is 0 Å². The largest absolute Gasteiger partial charge is 0.501 e. The molecule has 2 aromatic carbocycles. The van der Waals surface area contributed by atoms with E-state index in [1.807, 2.05) is 5.48 Å². The fourth-order valence-electron chi connectivity index (χ4n) is 2.44. The van der Waals surface area contributed by atoms with Crippen molar-refractivity contribution >= 4 is 28.1 Å². The summed E-state index contributed by atoms with van der Waals surface area (Å²) in [7, 11) is -4.52. The zero-order valence-corrected chi connectivity index (χ0v) is 18.4. The number of hydrogen-bond acceptors (Lipinski definition) is 9. The van der Waals surface area contributed by atoms with E-state index in [1.54, 1.807) is 26.8 Å². The van der Waals surface area contributed by atoms with Crippen molar-refractivity contribution in [3.8, 4) is 11.5 Å². The van der Waals surface area contributed by atoms with Gasteiger partial charge in [-0.15, -0.1) is 8.42 Å². The number of carbonyl (C=O) groups is 2. The fraction of sp³-hybridized carbons (Fsp3) is 0.300. The highest BCUT2D eigenvalue weighted by Crippen LogP contribution is 2.25. The van der Waals surface area contributed by atoms with Crippen LogP contribution in [0.15, 0.2) is 48.5 Å². The highest BCUT2D eigenvalue weighted by molar-refractivity contribution is 7.82. The molecule has 2 rings (SSSR count). The molecular formula is C20H24N2O9S. The molecule has 174 valence electrons. The van der Waals surface area contributed by atoms with Gasteiger partial charge in [0.25, 0.3) is 0 Å². The predicted molar refractivity (Wildman–Crippen MR) is 113 cm³/mol. The molecule has 0 bridgehead atoms. The Morgan fingerprint density at radius 1 is 1.03 bits per heavy atom. The number of para-hydroxylation sites is 2. The van der Waals surface area contributed by atoms with E-state index in [9.17, 15) is 23.1 Å². The van der Waals surface area contributed by atoms with Gasteiger partial charge in [-0.3, -0.25) is 10.7 Å². The van der Waals surface area contributed by atoms with Crippen LogP contribution in [-0.4, -0.2) is 42.4 Å². The van der Waals surface area contributed by atoms with Crippen LogP contribution in [0.2, 0.25) is 0 Å². The standard InChI is InChI=1S/C20H24N2O9S/c1-20(2,3)29-19(25)21-16(18(23)24)12-13-8-10-14(11-9-13)30-32(27,28)31-17-7-5-4-6-15(17)22-26/h4-11,16,22,26H,12H2,1-3H3,(H,21,25)(H,23,24). The maximum absolute atomic E-state index is 12.1. The van der Waals surface area contributed by atoms with E-state index in [2.05, 4.69) is 5.32 Å². The second-order valence-electron chi connectivity index (χ2n) is 7.57. The lowest BCUT2D eigenvalue weighted by Gasteiger charge is -2.22. The van der Waals surface area contributed by atoms with Crippen LogP contribution in [-0.2, 0) is 26.4 Å². The van der Waals surface area contributed by atoms with Gasteiger partial charge in [-0.05, 0) is 50.6 Å². The quantitative estimate of drug-likeness (QED) is 0.403. The van der Waals surface area contributed by atoms with E-state index in [0.29, 0.717) is 5.56 Å². The van der Waals surface area contributed by atoms with Crippen molar-refractivity contribution in [2.75, 3.05) is 5.48 Å². The Labute approximate surface area is 185 Å². The van der Waals surface area contributed by atoms with Crippen molar-refractivity contribution in [3.63, 3.8) is 0 Å². The molecule has 12 heteroatoms. The number of nitrogens with one attached hydrogen (secondary N) is 2. The molecule has 0 saturated heterocycles. The number of hydrogen-bond donors (Lipinski definition) is 4. The molecule has 0 fully saturated rings. The minimum atomic E-state index is -4.52. The lowest BCUT2D eigenvalue weighted by Crippen LogP contribution is -2.44. The molecule has 0 aliphatic heterocycles. The van der Waals surface area contributed by atoms with Crippen LogP contribution in [0, 0.1) is 0 Å². The van der Waals surface area contributed by atoms with Gasteiger partial charge < -0.3 is 23.5 Å². The summed E-state index contributed by atoms with van der Waals surface area (Å²) in [6, 6.07) is 10.0. The summed E-state index contributed by atoms with van der Waals surface area (Å²) >= 11 is 0. The van der Waals surface area contributed by atoms with Gasteiger partial charge in [-0.2, -0.15) is 0 Å². The topological polar surface area (TPSA) is 160 Å². The number of ether oxygens (including phenoxy) is 1. The highest BCUT2D eigenvalue weighted by atomic mass is 32.3. The summed E-state index contributed by atoms with van der Waals surface area (Å²) in [6.07, 6.45) is -0.945. The molecule has 0 aliphatic rings. The van der Waals surface area contributed by atoms with E-state index in [4.69, 9.17) is 18.3 Å². The molecule has 1 amide bonds. The summed E-state index contributed by atoms with van der Waals surface area (Å²) in [6.45, 7) is 4.95. The average molecular weight is 468 g/mol. The summed E-state index contributed by atoms with van der Waals surface area (Å²) in [5.41, 5.74) is 1.54. The summed E-state index contributed by atoms with van der Waals surface area (Å²) in [5, 5.41) is 20.7. The monoisotopic (exact) mass is 468 g/mol. The Balaban J connectivity index is 2.03. The molecule has 32 heavy (non-hydrogen) atoms.